The molecule has 1 amide bonds. The smallest absolute Gasteiger partial charge is 0.220 e. The lowest BCUT2D eigenvalue weighted by atomic mass is 9.94. The molecule has 2 nitrogen and oxygen atoms in total. The van der Waals surface area contributed by atoms with Crippen molar-refractivity contribution in [2.75, 3.05) is 6.54 Å². The van der Waals surface area contributed by atoms with Crippen molar-refractivity contribution in [3.8, 4) is 0 Å². The van der Waals surface area contributed by atoms with Crippen LogP contribution in [0.15, 0.2) is 18.2 Å². The lowest BCUT2D eigenvalue weighted by molar-refractivity contribution is -0.119. The van der Waals surface area contributed by atoms with Gasteiger partial charge in [-0.2, -0.15) is 0 Å². The molecule has 0 aliphatic carbocycles. The number of amides is 1. The monoisotopic (exact) mass is 209 g/mol. The van der Waals surface area contributed by atoms with E-state index in [1.807, 2.05) is 25.1 Å². The van der Waals surface area contributed by atoms with E-state index in [-0.39, 0.29) is 11.8 Å². The molecule has 1 aliphatic heterocycles. The first-order valence-corrected chi connectivity index (χ1v) is 5.08. The number of hydrogen-bond acceptors (Lipinski definition) is 1. The molecule has 1 heterocycles. The van der Waals surface area contributed by atoms with Crippen LogP contribution in [0.2, 0.25) is 5.02 Å². The summed E-state index contributed by atoms with van der Waals surface area (Å²) in [6, 6.07) is 5.85. The summed E-state index contributed by atoms with van der Waals surface area (Å²) < 4.78 is 0. The molecule has 0 saturated carbocycles. The second-order valence-electron chi connectivity index (χ2n) is 3.68. The number of benzene rings is 1. The standard InChI is InChI=1S/C11H12ClNO/c1-7-3-2-4-9(12)11(7)8-5-10(14)13-6-8/h2-4,8H,5-6H2,1H3,(H,13,14). The Kier molecular flexibility index (Phi) is 2.46. The Labute approximate surface area is 88.3 Å². The number of carbonyl (C=O) groups is 1. The lowest BCUT2D eigenvalue weighted by Crippen LogP contribution is -2.13. The van der Waals surface area contributed by atoms with Crippen LogP contribution in [0.5, 0.6) is 0 Å². The van der Waals surface area contributed by atoms with Gasteiger partial charge in [0.15, 0.2) is 0 Å². The van der Waals surface area contributed by atoms with Gasteiger partial charge >= 0.3 is 0 Å². The van der Waals surface area contributed by atoms with Gasteiger partial charge in [-0.1, -0.05) is 23.7 Å². The third kappa shape index (κ3) is 1.62. The van der Waals surface area contributed by atoms with Gasteiger partial charge < -0.3 is 5.32 Å². The average Bonchev–Trinajstić information content (AvgIpc) is 2.51. The van der Waals surface area contributed by atoms with Gasteiger partial charge in [-0.05, 0) is 24.1 Å². The van der Waals surface area contributed by atoms with E-state index in [9.17, 15) is 4.79 Å². The van der Waals surface area contributed by atoms with Crippen molar-refractivity contribution in [1.29, 1.82) is 0 Å². The lowest BCUT2D eigenvalue weighted by Gasteiger charge is -2.13. The maximum absolute atomic E-state index is 11.1. The molecule has 1 fully saturated rings. The predicted octanol–water partition coefficient (Wildman–Crippen LogP) is 2.25. The fraction of sp³-hybridized carbons (Fsp3) is 0.364. The molecular formula is C11H12ClNO. The molecule has 1 N–H and O–H groups in total. The molecule has 0 spiro atoms. The molecule has 3 heteroatoms. The van der Waals surface area contributed by atoms with E-state index in [0.29, 0.717) is 13.0 Å². The Bertz CT molecular complexity index is 355. The Morgan fingerprint density at radius 2 is 2.29 bits per heavy atom. The third-order valence-electron chi connectivity index (χ3n) is 2.66. The Balaban J connectivity index is 2.36. The number of aryl methyl sites for hydroxylation is 1. The summed E-state index contributed by atoms with van der Waals surface area (Å²) in [6.07, 6.45) is 0.560. The molecule has 2 rings (SSSR count). The molecule has 1 saturated heterocycles. The Morgan fingerprint density at radius 3 is 2.86 bits per heavy atom. The van der Waals surface area contributed by atoms with Crippen LogP contribution in [0, 0.1) is 6.92 Å². The first-order valence-electron chi connectivity index (χ1n) is 4.70. The summed E-state index contributed by atoms with van der Waals surface area (Å²) in [4.78, 5) is 11.1. The molecule has 1 atom stereocenters. The van der Waals surface area contributed by atoms with Gasteiger partial charge in [0.2, 0.25) is 5.91 Å². The quantitative estimate of drug-likeness (QED) is 0.755. The van der Waals surface area contributed by atoms with Crippen molar-refractivity contribution in [2.24, 2.45) is 0 Å². The fourth-order valence-electron chi connectivity index (χ4n) is 1.97. The first kappa shape index (κ1) is 9.53. The van der Waals surface area contributed by atoms with Gasteiger partial charge in [0, 0.05) is 23.9 Å². The zero-order chi connectivity index (χ0) is 10.1. The van der Waals surface area contributed by atoms with Crippen LogP contribution in [0.1, 0.15) is 23.5 Å². The molecule has 0 bridgehead atoms. The highest BCUT2D eigenvalue weighted by Gasteiger charge is 2.25. The predicted molar refractivity (Wildman–Crippen MR) is 56.6 cm³/mol. The zero-order valence-corrected chi connectivity index (χ0v) is 8.77. The maximum Gasteiger partial charge on any atom is 0.220 e. The van der Waals surface area contributed by atoms with Crippen LogP contribution in [-0.4, -0.2) is 12.5 Å². The Morgan fingerprint density at radius 1 is 1.50 bits per heavy atom. The molecule has 1 aromatic carbocycles. The topological polar surface area (TPSA) is 29.1 Å². The van der Waals surface area contributed by atoms with E-state index in [1.54, 1.807) is 0 Å². The summed E-state index contributed by atoms with van der Waals surface area (Å²) in [7, 11) is 0. The number of rotatable bonds is 1. The molecular weight excluding hydrogens is 198 g/mol. The van der Waals surface area contributed by atoms with Gasteiger partial charge in [-0.25, -0.2) is 0 Å². The van der Waals surface area contributed by atoms with E-state index in [0.717, 1.165) is 10.6 Å². The summed E-state index contributed by atoms with van der Waals surface area (Å²) in [5.41, 5.74) is 2.28. The third-order valence-corrected chi connectivity index (χ3v) is 2.99. The summed E-state index contributed by atoms with van der Waals surface area (Å²) in [5, 5.41) is 3.59. The second kappa shape index (κ2) is 3.62. The number of carbonyl (C=O) groups excluding carboxylic acids is 1. The van der Waals surface area contributed by atoms with Crippen LogP contribution in [-0.2, 0) is 4.79 Å². The average molecular weight is 210 g/mol. The molecule has 1 aliphatic rings. The minimum Gasteiger partial charge on any atom is -0.355 e. The fourth-order valence-corrected chi connectivity index (χ4v) is 2.35. The van der Waals surface area contributed by atoms with E-state index in [4.69, 9.17) is 11.6 Å². The summed E-state index contributed by atoms with van der Waals surface area (Å²) >= 11 is 6.12. The Hall–Kier alpha value is -1.02. The van der Waals surface area contributed by atoms with Gasteiger partial charge in [0.05, 0.1) is 0 Å². The molecule has 14 heavy (non-hydrogen) atoms. The summed E-state index contributed by atoms with van der Waals surface area (Å²) in [5.74, 6) is 0.366. The van der Waals surface area contributed by atoms with Crippen LogP contribution in [0.3, 0.4) is 0 Å². The van der Waals surface area contributed by atoms with Crippen molar-refractivity contribution in [2.45, 2.75) is 19.3 Å². The maximum atomic E-state index is 11.1. The van der Waals surface area contributed by atoms with Crippen LogP contribution in [0.4, 0.5) is 0 Å². The molecule has 1 aromatic rings. The van der Waals surface area contributed by atoms with Crippen LogP contribution >= 0.6 is 11.6 Å². The first-order chi connectivity index (χ1) is 6.68. The number of nitrogens with one attached hydrogen (secondary N) is 1. The van der Waals surface area contributed by atoms with Gasteiger partial charge in [-0.3, -0.25) is 4.79 Å². The minimum atomic E-state index is 0.120. The molecule has 0 aromatic heterocycles. The van der Waals surface area contributed by atoms with Crippen LogP contribution in [0.25, 0.3) is 0 Å². The van der Waals surface area contributed by atoms with Crippen LogP contribution < -0.4 is 5.32 Å². The number of hydrogen-bond donors (Lipinski definition) is 1. The van der Waals surface area contributed by atoms with E-state index >= 15 is 0 Å². The SMILES string of the molecule is Cc1cccc(Cl)c1C1CNC(=O)C1. The molecule has 1 unspecified atom stereocenters. The van der Waals surface area contributed by atoms with Gasteiger partial charge in [0.25, 0.3) is 0 Å². The van der Waals surface area contributed by atoms with Crippen molar-refractivity contribution in [3.63, 3.8) is 0 Å². The highest BCUT2D eigenvalue weighted by atomic mass is 35.5. The van der Waals surface area contributed by atoms with Gasteiger partial charge in [0.1, 0.15) is 0 Å². The highest BCUT2D eigenvalue weighted by molar-refractivity contribution is 6.31. The number of halogens is 1. The summed E-state index contributed by atoms with van der Waals surface area (Å²) in [6.45, 7) is 2.74. The van der Waals surface area contributed by atoms with Crippen molar-refractivity contribution in [1.82, 2.24) is 5.32 Å². The molecule has 74 valence electrons. The van der Waals surface area contributed by atoms with Crippen molar-refractivity contribution >= 4 is 17.5 Å². The molecule has 0 radical (unpaired) electrons. The van der Waals surface area contributed by atoms with Gasteiger partial charge in [-0.15, -0.1) is 0 Å². The van der Waals surface area contributed by atoms with E-state index in [2.05, 4.69) is 5.32 Å². The van der Waals surface area contributed by atoms with Crippen molar-refractivity contribution < 1.29 is 4.79 Å². The van der Waals surface area contributed by atoms with Crippen molar-refractivity contribution in [3.05, 3.63) is 34.3 Å². The minimum absolute atomic E-state index is 0.120. The zero-order valence-electron chi connectivity index (χ0n) is 8.01. The second-order valence-corrected chi connectivity index (χ2v) is 4.08. The highest BCUT2D eigenvalue weighted by Crippen LogP contribution is 2.31. The normalized spacial score (nSPS) is 21.0. The largest absolute Gasteiger partial charge is 0.355 e. The van der Waals surface area contributed by atoms with E-state index < -0.39 is 0 Å². The van der Waals surface area contributed by atoms with E-state index in [1.165, 1.54) is 5.56 Å².